The molecule has 2 rings (SSSR count). The van der Waals surface area contributed by atoms with Crippen LogP contribution >= 0.6 is 23.1 Å². The summed E-state index contributed by atoms with van der Waals surface area (Å²) in [5.74, 6) is 6.82. The van der Waals surface area contributed by atoms with E-state index >= 15 is 0 Å². The van der Waals surface area contributed by atoms with Crippen molar-refractivity contribution in [3.05, 3.63) is 22.7 Å². The minimum atomic E-state index is 0.606. The van der Waals surface area contributed by atoms with Crippen molar-refractivity contribution in [2.75, 3.05) is 23.6 Å². The van der Waals surface area contributed by atoms with Gasteiger partial charge in [0.2, 0.25) is 0 Å². The van der Waals surface area contributed by atoms with Crippen LogP contribution in [0.3, 0.4) is 0 Å². The number of aromatic nitrogens is 3. The lowest BCUT2D eigenvalue weighted by atomic mass is 10.4. The molecule has 3 N–H and O–H groups in total. The molecule has 18 heavy (non-hydrogen) atoms. The van der Waals surface area contributed by atoms with Crippen molar-refractivity contribution in [1.29, 1.82) is 0 Å². The largest absolute Gasteiger partial charge is 0.354 e. The SMILES string of the molecule is CSc1nc(NN)cc(N(C)Cc2cscn2)n1. The Morgan fingerprint density at radius 2 is 2.33 bits per heavy atom. The van der Waals surface area contributed by atoms with Gasteiger partial charge in [-0.25, -0.2) is 20.8 Å². The summed E-state index contributed by atoms with van der Waals surface area (Å²) in [6, 6.07) is 1.81. The molecule has 2 aromatic rings. The smallest absolute Gasteiger partial charge is 0.191 e. The van der Waals surface area contributed by atoms with Crippen molar-refractivity contribution in [3.63, 3.8) is 0 Å². The van der Waals surface area contributed by atoms with Gasteiger partial charge in [-0.05, 0) is 6.26 Å². The van der Waals surface area contributed by atoms with Crippen LogP contribution in [0.5, 0.6) is 0 Å². The minimum absolute atomic E-state index is 0.606. The molecule has 0 atom stereocenters. The number of hydrazine groups is 1. The van der Waals surface area contributed by atoms with Gasteiger partial charge in [0, 0.05) is 18.5 Å². The Hall–Kier alpha value is -1.38. The van der Waals surface area contributed by atoms with Crippen molar-refractivity contribution >= 4 is 34.7 Å². The van der Waals surface area contributed by atoms with Crippen molar-refractivity contribution in [3.8, 4) is 0 Å². The first kappa shape index (κ1) is 13.1. The van der Waals surface area contributed by atoms with Crippen LogP contribution in [0.2, 0.25) is 0 Å². The Bertz CT molecular complexity index is 479. The van der Waals surface area contributed by atoms with Gasteiger partial charge in [-0.15, -0.1) is 11.3 Å². The van der Waals surface area contributed by atoms with E-state index in [0.717, 1.165) is 11.5 Å². The summed E-state index contributed by atoms with van der Waals surface area (Å²) in [6.45, 7) is 0.707. The van der Waals surface area contributed by atoms with Crippen molar-refractivity contribution in [1.82, 2.24) is 15.0 Å². The number of thiazole rings is 1. The van der Waals surface area contributed by atoms with E-state index in [1.165, 1.54) is 11.8 Å². The zero-order chi connectivity index (χ0) is 13.0. The highest BCUT2D eigenvalue weighted by Gasteiger charge is 2.09. The molecule has 0 unspecified atom stereocenters. The third-order valence-corrected chi connectivity index (χ3v) is 3.48. The molecule has 0 aliphatic heterocycles. The van der Waals surface area contributed by atoms with Gasteiger partial charge in [0.25, 0.3) is 0 Å². The Morgan fingerprint density at radius 3 is 2.94 bits per heavy atom. The second-order valence-corrected chi connectivity index (χ2v) is 5.07. The fourth-order valence-electron chi connectivity index (χ4n) is 1.41. The molecule has 0 saturated carbocycles. The Kier molecular flexibility index (Phi) is 4.34. The molecule has 2 heterocycles. The molecule has 6 nitrogen and oxygen atoms in total. The lowest BCUT2D eigenvalue weighted by Gasteiger charge is -2.18. The molecule has 2 aromatic heterocycles. The maximum atomic E-state index is 5.40. The van der Waals surface area contributed by atoms with E-state index < -0.39 is 0 Å². The summed E-state index contributed by atoms with van der Waals surface area (Å²) in [7, 11) is 1.96. The minimum Gasteiger partial charge on any atom is -0.354 e. The second-order valence-electron chi connectivity index (χ2n) is 3.58. The van der Waals surface area contributed by atoms with Crippen LogP contribution in [0.25, 0.3) is 0 Å². The van der Waals surface area contributed by atoms with Crippen LogP contribution in [-0.4, -0.2) is 28.3 Å². The van der Waals surface area contributed by atoms with Crippen LogP contribution in [0.1, 0.15) is 5.69 Å². The van der Waals surface area contributed by atoms with E-state index in [0.29, 0.717) is 17.5 Å². The number of rotatable bonds is 5. The van der Waals surface area contributed by atoms with Gasteiger partial charge in [0.05, 0.1) is 17.7 Å². The molecule has 0 saturated heterocycles. The first-order valence-electron chi connectivity index (χ1n) is 5.21. The van der Waals surface area contributed by atoms with Crippen LogP contribution in [0.15, 0.2) is 22.1 Å². The zero-order valence-electron chi connectivity index (χ0n) is 10.1. The van der Waals surface area contributed by atoms with Crippen molar-refractivity contribution in [2.45, 2.75) is 11.7 Å². The molecule has 96 valence electrons. The summed E-state index contributed by atoms with van der Waals surface area (Å²) in [6.07, 6.45) is 1.93. The molecule has 0 bridgehead atoms. The number of nitrogens with one attached hydrogen (secondary N) is 1. The summed E-state index contributed by atoms with van der Waals surface area (Å²) in [5, 5.41) is 2.71. The Labute approximate surface area is 114 Å². The van der Waals surface area contributed by atoms with Crippen molar-refractivity contribution < 1.29 is 0 Å². The predicted octanol–water partition coefficient (Wildman–Crippen LogP) is 1.58. The first-order chi connectivity index (χ1) is 8.72. The highest BCUT2D eigenvalue weighted by atomic mass is 32.2. The number of anilines is 2. The Balaban J connectivity index is 2.20. The average molecular weight is 282 g/mol. The van der Waals surface area contributed by atoms with Gasteiger partial charge in [0.15, 0.2) is 5.16 Å². The summed E-state index contributed by atoms with van der Waals surface area (Å²) in [4.78, 5) is 14.9. The molecule has 0 aliphatic carbocycles. The number of hydrogen-bond donors (Lipinski definition) is 2. The van der Waals surface area contributed by atoms with Gasteiger partial charge in [0.1, 0.15) is 11.6 Å². The number of thioether (sulfide) groups is 1. The third kappa shape index (κ3) is 3.09. The topological polar surface area (TPSA) is 80.0 Å². The maximum absolute atomic E-state index is 5.40. The van der Waals surface area contributed by atoms with E-state index in [9.17, 15) is 0 Å². The average Bonchev–Trinajstić information content (AvgIpc) is 2.90. The first-order valence-corrected chi connectivity index (χ1v) is 7.37. The Morgan fingerprint density at radius 1 is 1.50 bits per heavy atom. The molecule has 0 aliphatic rings. The van der Waals surface area contributed by atoms with Crippen LogP contribution < -0.4 is 16.2 Å². The number of nitrogens with two attached hydrogens (primary N) is 1. The molecule has 8 heteroatoms. The number of nitrogen functional groups attached to an aromatic ring is 1. The predicted molar refractivity (Wildman–Crippen MR) is 75.8 cm³/mol. The van der Waals surface area contributed by atoms with E-state index in [2.05, 4.69) is 20.4 Å². The lowest BCUT2D eigenvalue weighted by molar-refractivity contribution is 0.842. The molecule has 0 spiro atoms. The fraction of sp³-hybridized carbons (Fsp3) is 0.300. The van der Waals surface area contributed by atoms with Crippen LogP contribution in [-0.2, 0) is 6.54 Å². The molecule has 0 fully saturated rings. The van der Waals surface area contributed by atoms with Crippen LogP contribution in [0.4, 0.5) is 11.6 Å². The van der Waals surface area contributed by atoms with Crippen molar-refractivity contribution in [2.24, 2.45) is 5.84 Å². The number of hydrogen-bond acceptors (Lipinski definition) is 8. The summed E-state index contributed by atoms with van der Waals surface area (Å²) >= 11 is 3.06. The lowest BCUT2D eigenvalue weighted by Crippen LogP contribution is -2.19. The quantitative estimate of drug-likeness (QED) is 0.373. The van der Waals surface area contributed by atoms with E-state index in [-0.39, 0.29) is 0 Å². The van der Waals surface area contributed by atoms with Gasteiger partial charge in [-0.2, -0.15) is 0 Å². The second kappa shape index (κ2) is 5.98. The van der Waals surface area contributed by atoms with Gasteiger partial charge >= 0.3 is 0 Å². The highest BCUT2D eigenvalue weighted by molar-refractivity contribution is 7.98. The maximum Gasteiger partial charge on any atom is 0.191 e. The highest BCUT2D eigenvalue weighted by Crippen LogP contribution is 2.20. The fourth-order valence-corrected chi connectivity index (χ4v) is 2.34. The standard InChI is InChI=1S/C10H14N6S2/c1-16(4-7-5-18-6-12-7)9-3-8(15-11)13-10(14-9)17-2/h3,5-6H,4,11H2,1-2H3,(H,13,14,15). The van der Waals surface area contributed by atoms with Gasteiger partial charge < -0.3 is 10.3 Å². The third-order valence-electron chi connectivity index (χ3n) is 2.30. The molecular weight excluding hydrogens is 268 g/mol. The van der Waals surface area contributed by atoms with Crippen LogP contribution in [0, 0.1) is 0 Å². The summed E-state index contributed by atoms with van der Waals surface area (Å²) < 4.78 is 0. The molecule has 0 aromatic carbocycles. The van der Waals surface area contributed by atoms with Gasteiger partial charge in [-0.3, -0.25) is 0 Å². The molecular formula is C10H14N6S2. The van der Waals surface area contributed by atoms with E-state index in [1.807, 2.05) is 35.2 Å². The number of nitrogens with zero attached hydrogens (tertiary/aromatic N) is 4. The van der Waals surface area contributed by atoms with Gasteiger partial charge in [-0.1, -0.05) is 11.8 Å². The summed E-state index contributed by atoms with van der Waals surface area (Å²) in [5.41, 5.74) is 5.40. The molecule has 0 amide bonds. The normalized spacial score (nSPS) is 10.4. The monoisotopic (exact) mass is 282 g/mol. The van der Waals surface area contributed by atoms with E-state index in [4.69, 9.17) is 5.84 Å². The zero-order valence-corrected chi connectivity index (χ0v) is 11.8. The van der Waals surface area contributed by atoms with E-state index in [1.54, 1.807) is 11.3 Å². The molecule has 0 radical (unpaired) electrons.